The van der Waals surface area contributed by atoms with Gasteiger partial charge in [-0.15, -0.1) is 0 Å². The van der Waals surface area contributed by atoms with E-state index in [9.17, 15) is 4.79 Å². The Labute approximate surface area is 144 Å². The van der Waals surface area contributed by atoms with Gasteiger partial charge in [0.15, 0.2) is 0 Å². The molecule has 0 aliphatic rings. The van der Waals surface area contributed by atoms with Crippen molar-refractivity contribution in [3.8, 4) is 16.8 Å². The maximum atomic E-state index is 12.9. The van der Waals surface area contributed by atoms with Crippen molar-refractivity contribution in [3.63, 3.8) is 0 Å². The lowest BCUT2D eigenvalue weighted by molar-refractivity contribution is 0.823. The Balaban J connectivity index is 1.97. The van der Waals surface area contributed by atoms with E-state index in [0.717, 1.165) is 16.5 Å². The predicted molar refractivity (Wildman–Crippen MR) is 102 cm³/mol. The summed E-state index contributed by atoms with van der Waals surface area (Å²) in [6, 6.07) is 20.5. The van der Waals surface area contributed by atoms with E-state index in [1.54, 1.807) is 24.4 Å². The average Bonchev–Trinajstić information content (AvgIpc) is 2.65. The van der Waals surface area contributed by atoms with Crippen LogP contribution >= 0.6 is 0 Å². The molecule has 4 N–H and O–H groups in total. The van der Waals surface area contributed by atoms with Crippen LogP contribution in [0.15, 0.2) is 77.7 Å². The van der Waals surface area contributed by atoms with E-state index in [1.165, 1.54) is 4.68 Å². The second-order valence-corrected chi connectivity index (χ2v) is 5.81. The lowest BCUT2D eigenvalue weighted by Gasteiger charge is -2.12. The summed E-state index contributed by atoms with van der Waals surface area (Å²) in [5, 5.41) is 5.80. The zero-order valence-corrected chi connectivity index (χ0v) is 13.4. The number of nitrogen functional groups attached to an aromatic ring is 2. The summed E-state index contributed by atoms with van der Waals surface area (Å²) in [5.74, 6) is 0. The molecule has 0 fully saturated rings. The third-order valence-corrected chi connectivity index (χ3v) is 4.23. The molecule has 0 bridgehead atoms. The van der Waals surface area contributed by atoms with E-state index in [1.807, 2.05) is 48.5 Å². The summed E-state index contributed by atoms with van der Waals surface area (Å²) in [6.07, 6.45) is 1.70. The van der Waals surface area contributed by atoms with Gasteiger partial charge in [-0.2, -0.15) is 9.78 Å². The van der Waals surface area contributed by atoms with Gasteiger partial charge in [-0.1, -0.05) is 42.5 Å². The van der Waals surface area contributed by atoms with E-state index in [4.69, 9.17) is 11.5 Å². The van der Waals surface area contributed by atoms with Gasteiger partial charge in [0, 0.05) is 10.9 Å². The van der Waals surface area contributed by atoms with E-state index in [2.05, 4.69) is 5.10 Å². The number of fused-ring (bicyclic) bond motifs is 1. The predicted octanol–water partition coefficient (Wildman–Crippen LogP) is 3.22. The van der Waals surface area contributed by atoms with Crippen LogP contribution in [0.3, 0.4) is 0 Å². The van der Waals surface area contributed by atoms with Gasteiger partial charge in [0.05, 0.1) is 28.6 Å². The maximum Gasteiger partial charge on any atom is 0.279 e. The number of hydrogen-bond acceptors (Lipinski definition) is 4. The van der Waals surface area contributed by atoms with Gasteiger partial charge in [-0.25, -0.2) is 0 Å². The van der Waals surface area contributed by atoms with E-state index < -0.39 is 0 Å². The minimum Gasteiger partial charge on any atom is -0.397 e. The molecule has 0 spiro atoms. The highest BCUT2D eigenvalue weighted by molar-refractivity contribution is 5.82. The number of nitrogens with zero attached hydrogens (tertiary/aromatic N) is 2. The number of para-hydroxylation sites is 1. The van der Waals surface area contributed by atoms with Crippen molar-refractivity contribution >= 4 is 22.1 Å². The van der Waals surface area contributed by atoms with Gasteiger partial charge in [0.2, 0.25) is 0 Å². The fraction of sp³-hybridized carbons (Fsp3) is 0. The van der Waals surface area contributed by atoms with Crippen molar-refractivity contribution in [3.05, 3.63) is 83.3 Å². The molecule has 4 rings (SSSR count). The number of hydrogen-bond donors (Lipinski definition) is 2. The Bertz CT molecular complexity index is 1150. The summed E-state index contributed by atoms with van der Waals surface area (Å²) in [6.45, 7) is 0. The summed E-state index contributed by atoms with van der Waals surface area (Å²) in [4.78, 5) is 12.9. The topological polar surface area (TPSA) is 86.9 Å². The highest BCUT2D eigenvalue weighted by Crippen LogP contribution is 2.29. The zero-order valence-electron chi connectivity index (χ0n) is 13.4. The van der Waals surface area contributed by atoms with Crippen molar-refractivity contribution in [2.45, 2.75) is 0 Å². The number of anilines is 2. The van der Waals surface area contributed by atoms with Crippen molar-refractivity contribution in [2.24, 2.45) is 0 Å². The highest BCUT2D eigenvalue weighted by atomic mass is 16.1. The molecule has 0 aliphatic carbocycles. The van der Waals surface area contributed by atoms with Gasteiger partial charge in [-0.05, 0) is 29.8 Å². The highest BCUT2D eigenvalue weighted by Gasteiger charge is 2.11. The number of aromatic nitrogens is 2. The summed E-state index contributed by atoms with van der Waals surface area (Å²) >= 11 is 0. The molecule has 122 valence electrons. The molecule has 1 heterocycles. The second kappa shape index (κ2) is 5.79. The molecule has 0 aliphatic heterocycles. The molecule has 5 nitrogen and oxygen atoms in total. The van der Waals surface area contributed by atoms with E-state index in [-0.39, 0.29) is 5.56 Å². The molecule has 0 radical (unpaired) electrons. The van der Waals surface area contributed by atoms with Crippen LogP contribution in [-0.2, 0) is 0 Å². The standard InChI is InChI=1S/C20H16N4O/c21-17-10-9-13(11-18(17)22)15-6-3-4-8-19(15)24-20(25)16-7-2-1-5-14(16)12-23-24/h1-12H,21-22H2. The quantitative estimate of drug-likeness (QED) is 0.553. The van der Waals surface area contributed by atoms with Gasteiger partial charge in [-0.3, -0.25) is 4.79 Å². The Morgan fingerprint density at radius 2 is 1.60 bits per heavy atom. The zero-order chi connectivity index (χ0) is 17.4. The first-order valence-corrected chi connectivity index (χ1v) is 7.87. The van der Waals surface area contributed by atoms with Crippen molar-refractivity contribution in [1.29, 1.82) is 0 Å². The third kappa shape index (κ3) is 2.52. The number of rotatable bonds is 2. The Kier molecular flexibility index (Phi) is 3.47. The molecule has 1 aromatic heterocycles. The molecule has 5 heteroatoms. The Morgan fingerprint density at radius 1 is 0.840 bits per heavy atom. The maximum absolute atomic E-state index is 12.9. The Hall–Kier alpha value is -3.60. The fourth-order valence-electron chi connectivity index (χ4n) is 2.91. The van der Waals surface area contributed by atoms with E-state index in [0.29, 0.717) is 22.4 Å². The third-order valence-electron chi connectivity index (χ3n) is 4.23. The van der Waals surface area contributed by atoms with Crippen molar-refractivity contribution < 1.29 is 0 Å². The summed E-state index contributed by atoms with van der Waals surface area (Å²) in [7, 11) is 0. The minimum absolute atomic E-state index is 0.158. The number of nitrogens with two attached hydrogens (primary N) is 2. The molecular formula is C20H16N4O. The van der Waals surface area contributed by atoms with Crippen LogP contribution in [0.4, 0.5) is 11.4 Å². The monoisotopic (exact) mass is 328 g/mol. The molecular weight excluding hydrogens is 312 g/mol. The van der Waals surface area contributed by atoms with Gasteiger partial charge in [0.1, 0.15) is 0 Å². The molecule has 0 saturated heterocycles. The summed E-state index contributed by atoms with van der Waals surface area (Å²) < 4.78 is 1.42. The van der Waals surface area contributed by atoms with E-state index >= 15 is 0 Å². The fourth-order valence-corrected chi connectivity index (χ4v) is 2.91. The normalized spacial score (nSPS) is 10.9. The van der Waals surface area contributed by atoms with Crippen LogP contribution in [0, 0.1) is 0 Å². The van der Waals surface area contributed by atoms with Crippen LogP contribution in [0.2, 0.25) is 0 Å². The minimum atomic E-state index is -0.158. The molecule has 4 aromatic rings. The molecule has 0 amide bonds. The largest absolute Gasteiger partial charge is 0.397 e. The van der Waals surface area contributed by atoms with Crippen LogP contribution < -0.4 is 17.0 Å². The van der Waals surface area contributed by atoms with Gasteiger partial charge in [0.25, 0.3) is 5.56 Å². The smallest absolute Gasteiger partial charge is 0.279 e. The first-order chi connectivity index (χ1) is 12.1. The van der Waals surface area contributed by atoms with Crippen molar-refractivity contribution in [2.75, 3.05) is 11.5 Å². The average molecular weight is 328 g/mol. The molecule has 0 atom stereocenters. The van der Waals surface area contributed by atoms with Gasteiger partial charge >= 0.3 is 0 Å². The lowest BCUT2D eigenvalue weighted by atomic mass is 10.0. The second-order valence-electron chi connectivity index (χ2n) is 5.81. The first-order valence-electron chi connectivity index (χ1n) is 7.87. The first kappa shape index (κ1) is 15.0. The van der Waals surface area contributed by atoms with Crippen LogP contribution in [-0.4, -0.2) is 9.78 Å². The lowest BCUT2D eigenvalue weighted by Crippen LogP contribution is -2.21. The molecule has 0 unspecified atom stereocenters. The van der Waals surface area contributed by atoms with Crippen LogP contribution in [0.25, 0.3) is 27.6 Å². The SMILES string of the molecule is Nc1ccc(-c2ccccc2-n2ncc3ccccc3c2=O)cc1N. The Morgan fingerprint density at radius 3 is 2.44 bits per heavy atom. The molecule has 0 saturated carbocycles. The molecule has 25 heavy (non-hydrogen) atoms. The van der Waals surface area contributed by atoms with Crippen molar-refractivity contribution in [1.82, 2.24) is 9.78 Å². The van der Waals surface area contributed by atoms with Gasteiger partial charge < -0.3 is 11.5 Å². The summed E-state index contributed by atoms with van der Waals surface area (Å²) in [5.41, 5.74) is 15.1. The van der Waals surface area contributed by atoms with Crippen LogP contribution in [0.1, 0.15) is 0 Å². The van der Waals surface area contributed by atoms with Crippen LogP contribution in [0.5, 0.6) is 0 Å². The number of benzene rings is 3. The molecule has 3 aromatic carbocycles.